The van der Waals surface area contributed by atoms with E-state index in [1.54, 1.807) is 18.7 Å². The van der Waals surface area contributed by atoms with Crippen molar-refractivity contribution in [3.05, 3.63) is 15.8 Å². The minimum Gasteiger partial charge on any atom is -0.364 e. The van der Waals surface area contributed by atoms with Gasteiger partial charge in [-0.15, -0.1) is 0 Å². The van der Waals surface area contributed by atoms with Crippen LogP contribution in [0.3, 0.4) is 0 Å². The Labute approximate surface area is 115 Å². The van der Waals surface area contributed by atoms with Crippen LogP contribution in [0.1, 0.15) is 19.0 Å². The van der Waals surface area contributed by atoms with E-state index < -0.39 is 4.92 Å². The van der Waals surface area contributed by atoms with Crippen LogP contribution in [-0.2, 0) is 0 Å². The number of hydrogen-bond donors (Lipinski definition) is 3. The lowest BCUT2D eigenvalue weighted by Gasteiger charge is -2.11. The smallest absolute Gasteiger partial charge is 0.332 e. The van der Waals surface area contributed by atoms with Gasteiger partial charge in [-0.05, 0) is 19.6 Å². The summed E-state index contributed by atoms with van der Waals surface area (Å²) in [6.07, 6.45) is 2.91. The summed E-state index contributed by atoms with van der Waals surface area (Å²) < 4.78 is 0. The summed E-state index contributed by atoms with van der Waals surface area (Å²) in [6.45, 7) is 4.25. The van der Waals surface area contributed by atoms with Crippen molar-refractivity contribution >= 4 is 29.2 Å². The van der Waals surface area contributed by atoms with Gasteiger partial charge in [-0.25, -0.2) is 10.8 Å². The highest BCUT2D eigenvalue weighted by atomic mass is 32.2. The Morgan fingerprint density at radius 2 is 2.21 bits per heavy atom. The van der Waals surface area contributed by atoms with Crippen molar-refractivity contribution in [2.75, 3.05) is 23.5 Å². The average Bonchev–Trinajstić information content (AvgIpc) is 2.37. The van der Waals surface area contributed by atoms with Gasteiger partial charge in [-0.1, -0.05) is 6.92 Å². The maximum atomic E-state index is 11.0. The normalized spacial score (nSPS) is 12.0. The van der Waals surface area contributed by atoms with Crippen LogP contribution in [0.5, 0.6) is 0 Å². The Bertz CT molecular complexity index is 456. The molecule has 0 radical (unpaired) electrons. The largest absolute Gasteiger partial charge is 0.364 e. The van der Waals surface area contributed by atoms with Gasteiger partial charge >= 0.3 is 5.69 Å². The Hall–Kier alpha value is -1.61. The molecule has 19 heavy (non-hydrogen) atoms. The molecule has 0 saturated carbocycles. The Morgan fingerprint density at radius 3 is 2.74 bits per heavy atom. The zero-order valence-corrected chi connectivity index (χ0v) is 12.0. The van der Waals surface area contributed by atoms with Crippen LogP contribution in [-0.4, -0.2) is 32.9 Å². The Kier molecular flexibility index (Phi) is 5.77. The molecule has 0 aliphatic rings. The minimum atomic E-state index is -0.490. The number of nitrogens with one attached hydrogen (secondary N) is 2. The van der Waals surface area contributed by atoms with Gasteiger partial charge in [0.1, 0.15) is 5.69 Å². The third-order valence-electron chi connectivity index (χ3n) is 2.62. The van der Waals surface area contributed by atoms with Crippen molar-refractivity contribution in [1.82, 2.24) is 9.97 Å². The maximum Gasteiger partial charge on any atom is 0.332 e. The molecule has 0 aliphatic heterocycles. The summed E-state index contributed by atoms with van der Waals surface area (Å²) in [7, 11) is 0. The Balaban J connectivity index is 2.90. The number of nitrogens with two attached hydrogens (primary N) is 1. The molecule has 1 rings (SSSR count). The molecule has 1 unspecified atom stereocenters. The molecular formula is C10H18N6O2S. The van der Waals surface area contributed by atoms with Crippen LogP contribution >= 0.6 is 11.8 Å². The summed E-state index contributed by atoms with van der Waals surface area (Å²) in [4.78, 5) is 18.4. The monoisotopic (exact) mass is 286 g/mol. The first-order valence-corrected chi connectivity index (χ1v) is 7.04. The first kappa shape index (κ1) is 15.4. The SMILES string of the molecule is CSC(C)CCNc1nc(NN)nc(C)c1[N+](=O)[O-]. The fraction of sp³-hybridized carbons (Fsp3) is 0.600. The van der Waals surface area contributed by atoms with Crippen molar-refractivity contribution in [3.8, 4) is 0 Å². The summed E-state index contributed by atoms with van der Waals surface area (Å²) in [5.74, 6) is 5.59. The molecule has 0 spiro atoms. The third kappa shape index (κ3) is 4.21. The van der Waals surface area contributed by atoms with E-state index >= 15 is 0 Å². The first-order chi connectivity index (χ1) is 8.99. The molecule has 4 N–H and O–H groups in total. The number of anilines is 2. The number of aromatic nitrogens is 2. The lowest BCUT2D eigenvalue weighted by Crippen LogP contribution is -2.16. The number of nitrogens with zero attached hydrogens (tertiary/aromatic N) is 3. The van der Waals surface area contributed by atoms with E-state index in [0.29, 0.717) is 11.8 Å². The number of thioether (sulfide) groups is 1. The molecule has 0 aliphatic carbocycles. The molecule has 9 heteroatoms. The number of rotatable bonds is 7. The second-order valence-corrected chi connectivity index (χ2v) is 5.27. The van der Waals surface area contributed by atoms with Crippen LogP contribution < -0.4 is 16.6 Å². The van der Waals surface area contributed by atoms with Crippen LogP contribution in [0, 0.1) is 17.0 Å². The van der Waals surface area contributed by atoms with E-state index in [-0.39, 0.29) is 23.1 Å². The first-order valence-electron chi connectivity index (χ1n) is 5.75. The topological polar surface area (TPSA) is 119 Å². The van der Waals surface area contributed by atoms with Crippen molar-refractivity contribution in [1.29, 1.82) is 0 Å². The zero-order chi connectivity index (χ0) is 14.4. The van der Waals surface area contributed by atoms with Gasteiger partial charge in [0.15, 0.2) is 0 Å². The highest BCUT2D eigenvalue weighted by Crippen LogP contribution is 2.26. The predicted octanol–water partition coefficient (Wildman–Crippen LogP) is 1.53. The number of nitro groups is 1. The quantitative estimate of drug-likeness (QED) is 0.392. The van der Waals surface area contributed by atoms with Gasteiger partial charge in [0.05, 0.1) is 4.92 Å². The van der Waals surface area contributed by atoms with Crippen LogP contribution in [0.25, 0.3) is 0 Å². The molecule has 8 nitrogen and oxygen atoms in total. The van der Waals surface area contributed by atoms with Gasteiger partial charge < -0.3 is 5.32 Å². The molecular weight excluding hydrogens is 268 g/mol. The maximum absolute atomic E-state index is 11.0. The van der Waals surface area contributed by atoms with E-state index in [4.69, 9.17) is 5.84 Å². The Morgan fingerprint density at radius 1 is 1.53 bits per heavy atom. The van der Waals surface area contributed by atoms with E-state index in [1.165, 1.54) is 0 Å². The summed E-state index contributed by atoms with van der Waals surface area (Å²) in [6, 6.07) is 0. The second kappa shape index (κ2) is 7.10. The molecule has 0 fully saturated rings. The number of hydrogen-bond acceptors (Lipinski definition) is 8. The molecule has 0 aromatic carbocycles. The molecule has 1 aromatic heterocycles. The van der Waals surface area contributed by atoms with Crippen molar-refractivity contribution in [2.24, 2.45) is 5.84 Å². The van der Waals surface area contributed by atoms with E-state index in [0.717, 1.165) is 6.42 Å². The fourth-order valence-electron chi connectivity index (χ4n) is 1.49. The molecule has 106 valence electrons. The van der Waals surface area contributed by atoms with Crippen LogP contribution in [0.4, 0.5) is 17.5 Å². The number of nitrogen functional groups attached to an aromatic ring is 1. The van der Waals surface area contributed by atoms with Crippen LogP contribution in [0.15, 0.2) is 0 Å². The standard InChI is InChI=1S/C10H18N6O2S/c1-6(19-3)4-5-12-9-8(16(17)18)7(2)13-10(14-9)15-11/h6H,4-5,11H2,1-3H3,(H2,12,13,14,15). The van der Waals surface area contributed by atoms with Gasteiger partial charge in [-0.2, -0.15) is 16.7 Å². The predicted molar refractivity (Wildman–Crippen MR) is 77.3 cm³/mol. The molecule has 0 saturated heterocycles. The molecule has 1 heterocycles. The average molecular weight is 286 g/mol. The summed E-state index contributed by atoms with van der Waals surface area (Å²) in [5, 5.41) is 14.5. The minimum absolute atomic E-state index is 0.115. The van der Waals surface area contributed by atoms with E-state index in [2.05, 4.69) is 27.6 Å². The highest BCUT2D eigenvalue weighted by molar-refractivity contribution is 7.99. The summed E-state index contributed by atoms with van der Waals surface area (Å²) in [5.41, 5.74) is 2.45. The lowest BCUT2D eigenvalue weighted by atomic mass is 10.3. The lowest BCUT2D eigenvalue weighted by molar-refractivity contribution is -0.385. The van der Waals surface area contributed by atoms with Gasteiger partial charge in [-0.3, -0.25) is 15.5 Å². The van der Waals surface area contributed by atoms with Crippen molar-refractivity contribution < 1.29 is 4.92 Å². The second-order valence-electron chi connectivity index (χ2n) is 3.99. The van der Waals surface area contributed by atoms with Gasteiger partial charge in [0.25, 0.3) is 0 Å². The van der Waals surface area contributed by atoms with Crippen molar-refractivity contribution in [3.63, 3.8) is 0 Å². The van der Waals surface area contributed by atoms with Gasteiger partial charge in [0, 0.05) is 11.8 Å². The highest BCUT2D eigenvalue weighted by Gasteiger charge is 2.21. The fourth-order valence-corrected chi connectivity index (χ4v) is 1.84. The van der Waals surface area contributed by atoms with Gasteiger partial charge in [0.2, 0.25) is 11.8 Å². The van der Waals surface area contributed by atoms with Crippen molar-refractivity contribution in [2.45, 2.75) is 25.5 Å². The van der Waals surface area contributed by atoms with E-state index in [9.17, 15) is 10.1 Å². The number of hydrazine groups is 1. The zero-order valence-electron chi connectivity index (χ0n) is 11.1. The molecule has 1 atom stereocenters. The number of aryl methyl sites for hydroxylation is 1. The summed E-state index contributed by atoms with van der Waals surface area (Å²) >= 11 is 1.74. The molecule has 0 amide bonds. The molecule has 1 aromatic rings. The molecule has 0 bridgehead atoms. The van der Waals surface area contributed by atoms with E-state index in [1.807, 2.05) is 6.26 Å². The third-order valence-corrected chi connectivity index (χ3v) is 3.66. The van der Waals surface area contributed by atoms with Crippen LogP contribution in [0.2, 0.25) is 0 Å².